The first-order valence-corrected chi connectivity index (χ1v) is 31.0. The third-order valence-electron chi connectivity index (χ3n) is 10.7. The van der Waals surface area contributed by atoms with Crippen molar-refractivity contribution in [1.29, 1.82) is 0 Å². The summed E-state index contributed by atoms with van der Waals surface area (Å²) in [4.78, 5) is 85.1. The van der Waals surface area contributed by atoms with Crippen molar-refractivity contribution in [2.45, 2.75) is 158 Å². The van der Waals surface area contributed by atoms with Gasteiger partial charge < -0.3 is 82.7 Å². The molecule has 0 radical (unpaired) electrons. The van der Waals surface area contributed by atoms with Crippen molar-refractivity contribution >= 4 is 47.8 Å². The zero-order valence-corrected chi connectivity index (χ0v) is 60.4. The number of aliphatic hydroxyl groups excluding tert-OH is 3. The molecule has 0 fully saturated rings. The van der Waals surface area contributed by atoms with Gasteiger partial charge in [0, 0.05) is 56.4 Å². The summed E-state index contributed by atoms with van der Waals surface area (Å²) in [6.07, 6.45) is 19.8. The van der Waals surface area contributed by atoms with Crippen LogP contribution in [-0.4, -0.2) is 170 Å². The molecule has 0 aliphatic carbocycles. The molecule has 0 aromatic carbocycles. The molecule has 0 heterocycles. The summed E-state index contributed by atoms with van der Waals surface area (Å²) < 4.78 is 54.1. The van der Waals surface area contributed by atoms with E-state index in [0.717, 1.165) is 71.0 Å². The lowest BCUT2D eigenvalue weighted by Crippen LogP contribution is -2.32. The molecule has 0 spiro atoms. The second-order valence-corrected chi connectivity index (χ2v) is 20.6. The lowest BCUT2D eigenvalue weighted by molar-refractivity contribution is -0.161. The maximum Gasteiger partial charge on any atom is 0.333 e. The Balaban J connectivity index is -0.000000136. The van der Waals surface area contributed by atoms with Crippen LogP contribution in [0, 0.1) is 5.41 Å². The second-order valence-electron chi connectivity index (χ2n) is 20.6. The van der Waals surface area contributed by atoms with Gasteiger partial charge in [0.25, 0.3) is 0 Å². The topological polar surface area (TPSA) is 359 Å². The number of carbonyl (C=O) groups excluding carboxylic acids is 5. The van der Waals surface area contributed by atoms with Crippen molar-refractivity contribution < 1.29 is 121 Å². The summed E-state index contributed by atoms with van der Waals surface area (Å²) in [7, 11) is 0. The minimum absolute atomic E-state index is 0.0560. The van der Waals surface area contributed by atoms with Gasteiger partial charge in [-0.3, -0.25) is 0 Å². The molecule has 0 saturated carbocycles. The third-order valence-corrected chi connectivity index (χ3v) is 10.7. The van der Waals surface area contributed by atoms with E-state index in [9.17, 15) is 38.4 Å². The predicted octanol–water partition coefficient (Wildman–Crippen LogP) is 12.8. The highest BCUT2D eigenvalue weighted by Crippen LogP contribution is 2.18. The van der Waals surface area contributed by atoms with Gasteiger partial charge in [-0.05, 0) is 94.4 Å². The standard InChI is InChI=1S/C18H30O4.C15H20O6.C8H14O2.2C7H12O2.C6H14O3.3C4H6O2/c1-15(2)17(19)21-13-11-9-7-5-6-8-10-12-14-22-18(20)16(3)4;1-9(2)13(16)19-7-12(21-15(18)11(5)6)8-20-14(17)10(3)4;1-3-9-7-5-6-8-10-4-2;1-4-8-6-7(3)9-5-2;1-3-8-6-5-7-9-4-2;1-2-6(3-7,4-8)5-9;3*1-3(2)4(5)6/h1,3,5-14H2,2,4H3;12H,1,3,5,7-8H2,2,4,6H3;3-4H,1-2,5-8H2;4-5,7H,1-2,6H2,3H3;3-4H,1-2,5-7H2;7-9H,2-5H2,1H3;3*1H2,2H3,(H,5,6). The van der Waals surface area contributed by atoms with E-state index in [1.807, 2.05) is 13.8 Å². The smallest absolute Gasteiger partial charge is 0.333 e. The van der Waals surface area contributed by atoms with Crippen LogP contribution < -0.4 is 0 Å². The van der Waals surface area contributed by atoms with E-state index >= 15 is 0 Å². The lowest BCUT2D eigenvalue weighted by Gasteiger charge is -2.24. The number of ether oxygens (including phenoxy) is 11. The number of esters is 5. The van der Waals surface area contributed by atoms with E-state index < -0.39 is 47.3 Å². The highest BCUT2D eigenvalue weighted by atomic mass is 16.6. The second kappa shape index (κ2) is 78.5. The molecule has 0 aliphatic rings. The van der Waals surface area contributed by atoms with Gasteiger partial charge >= 0.3 is 47.8 Å². The maximum atomic E-state index is 11.5. The van der Waals surface area contributed by atoms with Crippen LogP contribution in [0.4, 0.5) is 0 Å². The van der Waals surface area contributed by atoms with E-state index in [4.69, 9.17) is 82.7 Å². The van der Waals surface area contributed by atoms with Crippen LogP contribution in [0.3, 0.4) is 0 Å². The normalized spacial score (nSPS) is 9.49. The Bertz CT molecular complexity index is 2160. The van der Waals surface area contributed by atoms with E-state index in [1.54, 1.807) is 13.8 Å². The minimum Gasteiger partial charge on any atom is -0.502 e. The number of unbranched alkanes of at least 4 members (excludes halogenated alkanes) is 8. The predicted molar refractivity (Wildman–Crippen MR) is 381 cm³/mol. The molecule has 0 aliphatic heterocycles. The van der Waals surface area contributed by atoms with Crippen molar-refractivity contribution in [3.63, 3.8) is 0 Å². The average Bonchev–Trinajstić information content (AvgIpc) is 0.994. The molecule has 0 aromatic rings. The van der Waals surface area contributed by atoms with Crippen LogP contribution in [0.2, 0.25) is 0 Å². The zero-order chi connectivity index (χ0) is 77.9. The van der Waals surface area contributed by atoms with Crippen molar-refractivity contribution in [3.05, 3.63) is 174 Å². The molecule has 0 rings (SSSR count). The summed E-state index contributed by atoms with van der Waals surface area (Å²) >= 11 is 0. The van der Waals surface area contributed by atoms with Crippen LogP contribution in [0.15, 0.2) is 174 Å². The Kier molecular flexibility index (Phi) is 86.1. The van der Waals surface area contributed by atoms with Gasteiger partial charge in [0.1, 0.15) is 25.9 Å². The molecule has 25 heteroatoms. The van der Waals surface area contributed by atoms with Gasteiger partial charge in [-0.25, -0.2) is 38.4 Å². The van der Waals surface area contributed by atoms with Crippen molar-refractivity contribution in [2.24, 2.45) is 5.41 Å². The van der Waals surface area contributed by atoms with Gasteiger partial charge in [0.15, 0.2) is 6.10 Å². The number of rotatable bonds is 46. The number of aliphatic hydroxyl groups is 3. The van der Waals surface area contributed by atoms with Crippen LogP contribution in [0.1, 0.15) is 146 Å². The van der Waals surface area contributed by atoms with Crippen molar-refractivity contribution in [1.82, 2.24) is 0 Å². The first-order chi connectivity index (χ1) is 45.9. The fraction of sp³-hybridized carbons (Fsp3) is 0.507. The van der Waals surface area contributed by atoms with Crippen LogP contribution >= 0.6 is 0 Å². The molecule has 1 atom stereocenters. The summed E-state index contributed by atoms with van der Waals surface area (Å²) in [5, 5.41) is 49.6. The molecule has 0 saturated heterocycles. The highest BCUT2D eigenvalue weighted by molar-refractivity contribution is 5.89. The summed E-state index contributed by atoms with van der Waals surface area (Å²) in [5.74, 6) is -5.33. The average molecular weight is 1400 g/mol. The monoisotopic (exact) mass is 1400 g/mol. The van der Waals surface area contributed by atoms with Crippen LogP contribution in [0.25, 0.3) is 0 Å². The van der Waals surface area contributed by atoms with Crippen molar-refractivity contribution in [2.75, 3.05) is 79.3 Å². The molecular weight excluding hydrogens is 1280 g/mol. The number of carboxylic acid groups (broad SMARTS) is 3. The molecular formula is C73H120O25. The van der Waals surface area contributed by atoms with Crippen LogP contribution in [-0.2, 0) is 90.5 Å². The number of carboxylic acids is 3. The SMILES string of the molecule is C=C(C)C(=O)O.C=C(C)C(=O)O.C=C(C)C(=O)O.C=C(C)C(=O)OCC(COC(=O)C(=C)C)OC(=O)C(=C)C.C=C(C)C(=O)OCCCCCCCCCCOC(=O)C(=C)C.C=COCC(C)OC=C.C=COCCCCOC=C.C=COCCCOC=C.CCC(CO)(CO)CO. The summed E-state index contributed by atoms with van der Waals surface area (Å²) in [5.41, 5.74) is 1.36. The highest BCUT2D eigenvalue weighted by Gasteiger charge is 2.25. The Hall–Kier alpha value is -9.20. The van der Waals surface area contributed by atoms with Crippen LogP contribution in [0.5, 0.6) is 0 Å². The Morgan fingerprint density at radius 3 is 0.806 bits per heavy atom. The summed E-state index contributed by atoms with van der Waals surface area (Å²) in [6.45, 7) is 66.4. The fourth-order valence-electron chi connectivity index (χ4n) is 4.61. The van der Waals surface area contributed by atoms with E-state index in [1.165, 1.54) is 92.0 Å². The first-order valence-electron chi connectivity index (χ1n) is 31.0. The third kappa shape index (κ3) is 91.0. The van der Waals surface area contributed by atoms with Gasteiger partial charge in [-0.2, -0.15) is 0 Å². The molecule has 0 amide bonds. The molecule has 0 bridgehead atoms. The van der Waals surface area contributed by atoms with Gasteiger partial charge in [-0.1, -0.05) is 138 Å². The van der Waals surface area contributed by atoms with Gasteiger partial charge in [0.05, 0.1) is 97.0 Å². The molecule has 0 aromatic heterocycles. The number of hydrogen-bond acceptors (Lipinski definition) is 22. The molecule has 25 nitrogen and oxygen atoms in total. The molecule has 562 valence electrons. The quantitative estimate of drug-likeness (QED) is 0.0108. The Morgan fingerprint density at radius 1 is 0.347 bits per heavy atom. The number of carbonyl (C=O) groups is 8. The van der Waals surface area contributed by atoms with Crippen molar-refractivity contribution in [3.8, 4) is 0 Å². The van der Waals surface area contributed by atoms with Gasteiger partial charge in [-0.15, -0.1) is 0 Å². The van der Waals surface area contributed by atoms with E-state index in [0.29, 0.717) is 50.6 Å². The first kappa shape index (κ1) is 107. The molecule has 1 unspecified atom stereocenters. The lowest BCUT2D eigenvalue weighted by atomic mass is 9.88. The van der Waals surface area contributed by atoms with E-state index in [2.05, 4.69) is 92.1 Å². The zero-order valence-electron chi connectivity index (χ0n) is 60.4. The summed E-state index contributed by atoms with van der Waals surface area (Å²) in [6, 6.07) is 0. The number of aliphatic carboxylic acids is 3. The maximum absolute atomic E-state index is 11.5. The Morgan fingerprint density at radius 2 is 0.592 bits per heavy atom. The molecule has 6 N–H and O–H groups in total. The van der Waals surface area contributed by atoms with E-state index in [-0.39, 0.29) is 84.5 Å². The number of hydrogen-bond donors (Lipinski definition) is 6. The largest absolute Gasteiger partial charge is 0.502 e. The molecule has 98 heavy (non-hydrogen) atoms. The van der Waals surface area contributed by atoms with Gasteiger partial charge in [0.2, 0.25) is 0 Å². The Labute approximate surface area is 584 Å². The fourth-order valence-corrected chi connectivity index (χ4v) is 4.61. The minimum atomic E-state index is -0.935.